The van der Waals surface area contributed by atoms with E-state index in [1.54, 1.807) is 0 Å². The van der Waals surface area contributed by atoms with Crippen LogP contribution in [0.1, 0.15) is 25.8 Å². The van der Waals surface area contributed by atoms with Crippen molar-refractivity contribution in [3.8, 4) is 0 Å². The first kappa shape index (κ1) is 16.8. The molecule has 1 amide bonds. The second-order valence-corrected chi connectivity index (χ2v) is 6.84. The van der Waals surface area contributed by atoms with E-state index < -0.39 is 6.04 Å². The minimum Gasteiger partial charge on any atom is -0.361 e. The Morgan fingerprint density at radius 2 is 2.14 bits per heavy atom. The first-order valence-corrected chi connectivity index (χ1v) is 7.56. The Bertz CT molecular complexity index is 665. The van der Waals surface area contributed by atoms with Crippen molar-refractivity contribution in [2.45, 2.75) is 32.7 Å². The smallest absolute Gasteiger partial charge is 0.239 e. The molecule has 5 heteroatoms. The number of likely N-dealkylation sites (tertiary alicyclic amines) is 1. The maximum atomic E-state index is 12.5. The van der Waals surface area contributed by atoms with Crippen LogP contribution in [0.2, 0.25) is 0 Å². The van der Waals surface area contributed by atoms with Gasteiger partial charge in [-0.3, -0.25) is 4.79 Å². The summed E-state index contributed by atoms with van der Waals surface area (Å²) in [4.78, 5) is 17.6. The maximum Gasteiger partial charge on any atom is 0.239 e. The number of benzene rings is 1. The van der Waals surface area contributed by atoms with E-state index in [9.17, 15) is 4.79 Å². The van der Waals surface area contributed by atoms with Gasteiger partial charge in [0.25, 0.3) is 0 Å². The number of aromatic nitrogens is 1. The fourth-order valence-corrected chi connectivity index (χ4v) is 3.16. The van der Waals surface area contributed by atoms with Crippen molar-refractivity contribution in [3.05, 3.63) is 36.0 Å². The summed E-state index contributed by atoms with van der Waals surface area (Å²) in [5.74, 6) is 0.0749. The molecule has 1 fully saturated rings. The maximum absolute atomic E-state index is 12.5. The van der Waals surface area contributed by atoms with E-state index in [-0.39, 0.29) is 23.7 Å². The SMILES string of the molecule is CC1(C)CCN(C(=O)[C@@H](N)Cc2c[nH]c3ccccc23)C1.Cl. The lowest BCUT2D eigenvalue weighted by atomic mass is 9.93. The van der Waals surface area contributed by atoms with E-state index in [1.165, 1.54) is 0 Å². The molecule has 0 radical (unpaired) electrons. The normalized spacial score (nSPS) is 18.2. The number of para-hydroxylation sites is 1. The van der Waals surface area contributed by atoms with Crippen LogP contribution in [0.25, 0.3) is 10.9 Å². The molecule has 22 heavy (non-hydrogen) atoms. The molecular weight excluding hydrogens is 298 g/mol. The highest BCUT2D eigenvalue weighted by molar-refractivity contribution is 5.86. The summed E-state index contributed by atoms with van der Waals surface area (Å²) in [5.41, 5.74) is 8.59. The van der Waals surface area contributed by atoms with Crippen LogP contribution in [0.5, 0.6) is 0 Å². The van der Waals surface area contributed by atoms with Crippen molar-refractivity contribution in [1.29, 1.82) is 0 Å². The van der Waals surface area contributed by atoms with E-state index in [4.69, 9.17) is 5.73 Å². The Labute approximate surface area is 137 Å². The number of nitrogens with two attached hydrogens (primary N) is 1. The van der Waals surface area contributed by atoms with Gasteiger partial charge in [-0.1, -0.05) is 32.0 Å². The number of rotatable bonds is 3. The number of H-pyrrole nitrogens is 1. The fraction of sp³-hybridized carbons (Fsp3) is 0.471. The number of nitrogens with one attached hydrogen (secondary N) is 1. The second kappa shape index (κ2) is 6.31. The fourth-order valence-electron chi connectivity index (χ4n) is 3.16. The van der Waals surface area contributed by atoms with E-state index in [1.807, 2.05) is 29.3 Å². The van der Waals surface area contributed by atoms with Gasteiger partial charge >= 0.3 is 0 Å². The highest BCUT2D eigenvalue weighted by Crippen LogP contribution is 2.29. The average Bonchev–Trinajstić information content (AvgIpc) is 3.02. The van der Waals surface area contributed by atoms with Crippen molar-refractivity contribution in [2.75, 3.05) is 13.1 Å². The molecule has 3 N–H and O–H groups in total. The molecule has 0 saturated carbocycles. The van der Waals surface area contributed by atoms with Crippen molar-refractivity contribution >= 4 is 29.2 Å². The predicted octanol–water partition coefficient (Wildman–Crippen LogP) is 2.72. The minimum atomic E-state index is -0.460. The van der Waals surface area contributed by atoms with Gasteiger partial charge in [-0.05, 0) is 29.9 Å². The standard InChI is InChI=1S/C17H23N3O.ClH/c1-17(2)7-8-20(11-17)16(21)14(18)9-12-10-19-15-6-4-3-5-13(12)15;/h3-6,10,14,19H,7-9,11,18H2,1-2H3;1H/t14-;/m0./s1. The monoisotopic (exact) mass is 321 g/mol. The Morgan fingerprint density at radius 1 is 1.41 bits per heavy atom. The largest absolute Gasteiger partial charge is 0.361 e. The van der Waals surface area contributed by atoms with Crippen LogP contribution in [-0.4, -0.2) is 34.9 Å². The topological polar surface area (TPSA) is 62.1 Å². The molecule has 120 valence electrons. The Hall–Kier alpha value is -1.52. The van der Waals surface area contributed by atoms with Gasteiger partial charge in [0.15, 0.2) is 0 Å². The van der Waals surface area contributed by atoms with Gasteiger partial charge in [0, 0.05) is 30.2 Å². The zero-order valence-corrected chi connectivity index (χ0v) is 14.0. The van der Waals surface area contributed by atoms with Gasteiger partial charge in [-0.15, -0.1) is 12.4 Å². The van der Waals surface area contributed by atoms with Crippen molar-refractivity contribution < 1.29 is 4.79 Å². The second-order valence-electron chi connectivity index (χ2n) is 6.84. The summed E-state index contributed by atoms with van der Waals surface area (Å²) in [6, 6.07) is 7.65. The number of hydrogen-bond acceptors (Lipinski definition) is 2. The molecule has 1 atom stereocenters. The number of hydrogen-bond donors (Lipinski definition) is 2. The van der Waals surface area contributed by atoms with Gasteiger partial charge in [0.05, 0.1) is 6.04 Å². The lowest BCUT2D eigenvalue weighted by molar-refractivity contribution is -0.131. The molecule has 1 aromatic heterocycles. The number of amides is 1. The van der Waals surface area contributed by atoms with E-state index in [0.29, 0.717) is 6.42 Å². The summed E-state index contributed by atoms with van der Waals surface area (Å²) >= 11 is 0. The zero-order chi connectivity index (χ0) is 15.0. The summed E-state index contributed by atoms with van der Waals surface area (Å²) in [6.07, 6.45) is 3.60. The molecule has 1 saturated heterocycles. The van der Waals surface area contributed by atoms with Gasteiger partial charge in [0.1, 0.15) is 0 Å². The lowest BCUT2D eigenvalue weighted by Gasteiger charge is -2.22. The van der Waals surface area contributed by atoms with Crippen LogP contribution in [0, 0.1) is 5.41 Å². The van der Waals surface area contributed by atoms with E-state index in [2.05, 4.69) is 24.9 Å². The summed E-state index contributed by atoms with van der Waals surface area (Å²) < 4.78 is 0. The van der Waals surface area contributed by atoms with E-state index >= 15 is 0 Å². The van der Waals surface area contributed by atoms with Crippen LogP contribution in [0.3, 0.4) is 0 Å². The summed E-state index contributed by atoms with van der Waals surface area (Å²) in [5, 5.41) is 1.16. The first-order valence-electron chi connectivity index (χ1n) is 7.56. The number of nitrogens with zero attached hydrogens (tertiary/aromatic N) is 1. The van der Waals surface area contributed by atoms with Crippen LogP contribution in [0.15, 0.2) is 30.5 Å². The molecular formula is C17H24ClN3O. The van der Waals surface area contributed by atoms with Gasteiger partial charge in [0.2, 0.25) is 5.91 Å². The molecule has 0 unspecified atom stereocenters. The molecule has 4 nitrogen and oxygen atoms in total. The molecule has 3 rings (SSSR count). The Balaban J connectivity index is 0.00000176. The number of fused-ring (bicyclic) bond motifs is 1. The van der Waals surface area contributed by atoms with Crippen molar-refractivity contribution in [1.82, 2.24) is 9.88 Å². The number of halogens is 1. The quantitative estimate of drug-likeness (QED) is 0.913. The third-order valence-corrected chi connectivity index (χ3v) is 4.42. The predicted molar refractivity (Wildman–Crippen MR) is 92.2 cm³/mol. The zero-order valence-electron chi connectivity index (χ0n) is 13.1. The third kappa shape index (κ3) is 3.28. The molecule has 1 aromatic carbocycles. The van der Waals surface area contributed by atoms with Gasteiger partial charge in [-0.2, -0.15) is 0 Å². The Morgan fingerprint density at radius 3 is 2.82 bits per heavy atom. The molecule has 0 aliphatic carbocycles. The molecule has 1 aliphatic rings. The first-order chi connectivity index (χ1) is 9.96. The van der Waals surface area contributed by atoms with Gasteiger partial charge in [-0.25, -0.2) is 0 Å². The molecule has 1 aliphatic heterocycles. The van der Waals surface area contributed by atoms with Crippen LogP contribution in [-0.2, 0) is 11.2 Å². The van der Waals surface area contributed by atoms with Crippen molar-refractivity contribution in [3.63, 3.8) is 0 Å². The van der Waals surface area contributed by atoms with E-state index in [0.717, 1.165) is 36.0 Å². The Kier molecular flexibility index (Phi) is 4.83. The van der Waals surface area contributed by atoms with Crippen LogP contribution in [0.4, 0.5) is 0 Å². The molecule has 2 aromatic rings. The summed E-state index contributed by atoms with van der Waals surface area (Å²) in [7, 11) is 0. The van der Waals surface area contributed by atoms with Crippen molar-refractivity contribution in [2.24, 2.45) is 11.1 Å². The average molecular weight is 322 g/mol. The third-order valence-electron chi connectivity index (χ3n) is 4.42. The van der Waals surface area contributed by atoms with Crippen LogP contribution < -0.4 is 5.73 Å². The number of carbonyl (C=O) groups excluding carboxylic acids is 1. The number of aromatic amines is 1. The molecule has 2 heterocycles. The minimum absolute atomic E-state index is 0. The van der Waals surface area contributed by atoms with Gasteiger partial charge < -0.3 is 15.6 Å². The lowest BCUT2D eigenvalue weighted by Crippen LogP contribution is -2.44. The molecule has 0 bridgehead atoms. The highest BCUT2D eigenvalue weighted by Gasteiger charge is 2.34. The van der Waals surface area contributed by atoms with Crippen LogP contribution >= 0.6 is 12.4 Å². The summed E-state index contributed by atoms with van der Waals surface area (Å²) in [6.45, 7) is 6.04. The number of carbonyl (C=O) groups is 1. The molecule has 0 spiro atoms. The highest BCUT2D eigenvalue weighted by atomic mass is 35.5.